The van der Waals surface area contributed by atoms with Gasteiger partial charge in [0.1, 0.15) is 6.07 Å². The summed E-state index contributed by atoms with van der Waals surface area (Å²) in [6.07, 6.45) is 1.12. The molecule has 0 bridgehead atoms. The highest BCUT2D eigenvalue weighted by Crippen LogP contribution is 2.21. The average molecular weight is 342 g/mol. The molecule has 2 aliphatic heterocycles. The van der Waals surface area contributed by atoms with Crippen LogP contribution in [0.3, 0.4) is 0 Å². The van der Waals surface area contributed by atoms with Crippen molar-refractivity contribution in [2.24, 2.45) is 0 Å². The molecule has 2 aliphatic rings. The summed E-state index contributed by atoms with van der Waals surface area (Å²) in [5.41, 5.74) is 1.72. The average Bonchev–Trinajstić information content (AvgIpc) is 2.87. The van der Waals surface area contributed by atoms with Crippen LogP contribution >= 0.6 is 0 Å². The molecule has 0 aliphatic carbocycles. The quantitative estimate of drug-likeness (QED) is 0.829. The molecular formula is C19H26N4O2. The molecule has 0 spiro atoms. The fourth-order valence-corrected chi connectivity index (χ4v) is 3.55. The van der Waals surface area contributed by atoms with E-state index < -0.39 is 0 Å². The molecule has 1 aromatic carbocycles. The molecule has 6 nitrogen and oxygen atoms in total. The van der Waals surface area contributed by atoms with Crippen molar-refractivity contribution in [2.45, 2.75) is 19.4 Å². The molecule has 1 atom stereocenters. The van der Waals surface area contributed by atoms with Crippen molar-refractivity contribution in [1.29, 1.82) is 5.26 Å². The van der Waals surface area contributed by atoms with Crippen molar-refractivity contribution < 1.29 is 9.53 Å². The van der Waals surface area contributed by atoms with Crippen LogP contribution in [0.15, 0.2) is 24.3 Å². The molecule has 0 radical (unpaired) electrons. The Hall–Kier alpha value is -2.10. The minimum Gasteiger partial charge on any atom is -0.375 e. The van der Waals surface area contributed by atoms with Gasteiger partial charge in [0, 0.05) is 39.3 Å². The summed E-state index contributed by atoms with van der Waals surface area (Å²) >= 11 is 0. The Balaban J connectivity index is 1.56. The number of nitrogens with zero attached hydrogens (tertiary/aromatic N) is 4. The third-order valence-electron chi connectivity index (χ3n) is 4.91. The first-order chi connectivity index (χ1) is 12.2. The molecule has 0 N–H and O–H groups in total. The van der Waals surface area contributed by atoms with Crippen molar-refractivity contribution in [3.63, 3.8) is 0 Å². The van der Waals surface area contributed by atoms with E-state index in [4.69, 9.17) is 4.74 Å². The monoisotopic (exact) mass is 342 g/mol. The molecule has 0 aromatic heterocycles. The Morgan fingerprint density at radius 1 is 1.24 bits per heavy atom. The van der Waals surface area contributed by atoms with E-state index in [0.717, 1.165) is 38.3 Å². The van der Waals surface area contributed by atoms with Crippen LogP contribution in [0.5, 0.6) is 0 Å². The largest absolute Gasteiger partial charge is 0.375 e. The highest BCUT2D eigenvalue weighted by atomic mass is 16.5. The first-order valence-corrected chi connectivity index (χ1v) is 9.03. The molecule has 2 saturated heterocycles. The standard InChI is InChI=1S/C19H26N4O2/c1-16-14-23(11-12-25-16)19(24)15-21-7-4-8-22(10-9-21)18-6-3-2-5-17(18)13-20/h2-3,5-6,16H,4,7-12,14-15H2,1H3/t16-/m0/s1. The first-order valence-electron chi connectivity index (χ1n) is 9.03. The molecule has 6 heteroatoms. The number of nitriles is 1. The van der Waals surface area contributed by atoms with Gasteiger partial charge in [-0.15, -0.1) is 0 Å². The summed E-state index contributed by atoms with van der Waals surface area (Å²) in [7, 11) is 0. The van der Waals surface area contributed by atoms with Crippen LogP contribution in [0, 0.1) is 11.3 Å². The molecule has 2 fully saturated rings. The SMILES string of the molecule is C[C@H]1CN(C(=O)CN2CCCN(c3ccccc3C#N)CC2)CCO1. The van der Waals surface area contributed by atoms with Crippen molar-refractivity contribution in [3.05, 3.63) is 29.8 Å². The number of carbonyl (C=O) groups excluding carboxylic acids is 1. The Kier molecular flexibility index (Phi) is 5.90. The first kappa shape index (κ1) is 17.7. The second-order valence-electron chi connectivity index (χ2n) is 6.77. The van der Waals surface area contributed by atoms with Gasteiger partial charge in [-0.25, -0.2) is 0 Å². The van der Waals surface area contributed by atoms with E-state index in [0.29, 0.717) is 31.8 Å². The Morgan fingerprint density at radius 3 is 2.88 bits per heavy atom. The van der Waals surface area contributed by atoms with Gasteiger partial charge in [0.25, 0.3) is 0 Å². The fourth-order valence-electron chi connectivity index (χ4n) is 3.55. The molecule has 134 valence electrons. The number of anilines is 1. The van der Waals surface area contributed by atoms with Crippen LogP contribution in [0.2, 0.25) is 0 Å². The Morgan fingerprint density at radius 2 is 2.08 bits per heavy atom. The number of morpholine rings is 1. The van der Waals surface area contributed by atoms with Gasteiger partial charge in [0.05, 0.1) is 30.5 Å². The van der Waals surface area contributed by atoms with Crippen LogP contribution in [0.25, 0.3) is 0 Å². The Bertz CT molecular complexity index is 643. The highest BCUT2D eigenvalue weighted by molar-refractivity contribution is 5.78. The van der Waals surface area contributed by atoms with Crippen molar-refractivity contribution in [1.82, 2.24) is 9.80 Å². The summed E-state index contributed by atoms with van der Waals surface area (Å²) in [6, 6.07) is 10.0. The van der Waals surface area contributed by atoms with Crippen molar-refractivity contribution in [3.8, 4) is 6.07 Å². The number of amides is 1. The maximum atomic E-state index is 12.5. The summed E-state index contributed by atoms with van der Waals surface area (Å²) in [6.45, 7) is 8.00. The van der Waals surface area contributed by atoms with Crippen LogP contribution in [0.1, 0.15) is 18.9 Å². The number of para-hydroxylation sites is 1. The normalized spacial score (nSPS) is 22.3. The summed E-state index contributed by atoms with van der Waals surface area (Å²) in [5, 5.41) is 9.31. The van der Waals surface area contributed by atoms with E-state index >= 15 is 0 Å². The zero-order valence-electron chi connectivity index (χ0n) is 14.9. The molecule has 0 saturated carbocycles. The zero-order chi connectivity index (χ0) is 17.6. The third-order valence-corrected chi connectivity index (χ3v) is 4.91. The lowest BCUT2D eigenvalue weighted by Crippen LogP contribution is -2.48. The van der Waals surface area contributed by atoms with E-state index in [9.17, 15) is 10.1 Å². The molecule has 1 amide bonds. The maximum absolute atomic E-state index is 12.5. The lowest BCUT2D eigenvalue weighted by Gasteiger charge is -2.32. The van der Waals surface area contributed by atoms with E-state index in [1.165, 1.54) is 0 Å². The number of ether oxygens (including phenoxy) is 1. The number of hydrogen-bond donors (Lipinski definition) is 0. The number of hydrogen-bond acceptors (Lipinski definition) is 5. The van der Waals surface area contributed by atoms with Gasteiger partial charge in [-0.3, -0.25) is 9.69 Å². The van der Waals surface area contributed by atoms with Gasteiger partial charge in [0.2, 0.25) is 5.91 Å². The van der Waals surface area contributed by atoms with E-state index in [-0.39, 0.29) is 12.0 Å². The smallest absolute Gasteiger partial charge is 0.236 e. The third kappa shape index (κ3) is 4.50. The van der Waals surface area contributed by atoms with Gasteiger partial charge in [0.15, 0.2) is 0 Å². The van der Waals surface area contributed by atoms with Gasteiger partial charge < -0.3 is 14.5 Å². The molecular weight excluding hydrogens is 316 g/mol. The summed E-state index contributed by atoms with van der Waals surface area (Å²) in [4.78, 5) is 19.0. The molecule has 0 unspecified atom stereocenters. The summed E-state index contributed by atoms with van der Waals surface area (Å²) < 4.78 is 5.51. The molecule has 25 heavy (non-hydrogen) atoms. The van der Waals surface area contributed by atoms with Crippen LogP contribution in [-0.4, -0.2) is 74.2 Å². The van der Waals surface area contributed by atoms with E-state index in [1.807, 2.05) is 36.1 Å². The summed E-state index contributed by atoms with van der Waals surface area (Å²) in [5.74, 6) is 0.195. The van der Waals surface area contributed by atoms with Gasteiger partial charge in [-0.05, 0) is 25.5 Å². The topological polar surface area (TPSA) is 59.8 Å². The fraction of sp³-hybridized carbons (Fsp3) is 0.579. The lowest BCUT2D eigenvalue weighted by molar-refractivity contribution is -0.139. The predicted molar refractivity (Wildman–Crippen MR) is 96.4 cm³/mol. The minimum absolute atomic E-state index is 0.125. The van der Waals surface area contributed by atoms with E-state index in [2.05, 4.69) is 15.9 Å². The number of carbonyl (C=O) groups is 1. The molecule has 1 aromatic rings. The number of rotatable bonds is 3. The van der Waals surface area contributed by atoms with Crippen LogP contribution in [-0.2, 0) is 9.53 Å². The van der Waals surface area contributed by atoms with Crippen molar-refractivity contribution >= 4 is 11.6 Å². The number of benzene rings is 1. The zero-order valence-corrected chi connectivity index (χ0v) is 14.9. The highest BCUT2D eigenvalue weighted by Gasteiger charge is 2.24. The molecule has 2 heterocycles. The van der Waals surface area contributed by atoms with Gasteiger partial charge in [-0.1, -0.05) is 12.1 Å². The van der Waals surface area contributed by atoms with Gasteiger partial charge in [-0.2, -0.15) is 5.26 Å². The van der Waals surface area contributed by atoms with Gasteiger partial charge >= 0.3 is 0 Å². The maximum Gasteiger partial charge on any atom is 0.236 e. The Labute approximate surface area is 149 Å². The van der Waals surface area contributed by atoms with Crippen LogP contribution < -0.4 is 4.90 Å². The molecule has 3 rings (SSSR count). The van der Waals surface area contributed by atoms with E-state index in [1.54, 1.807) is 0 Å². The van der Waals surface area contributed by atoms with Crippen LogP contribution in [0.4, 0.5) is 5.69 Å². The second kappa shape index (κ2) is 8.32. The lowest BCUT2D eigenvalue weighted by atomic mass is 10.1. The minimum atomic E-state index is 0.125. The van der Waals surface area contributed by atoms with Crippen molar-refractivity contribution in [2.75, 3.05) is 57.3 Å². The predicted octanol–water partition coefficient (Wildman–Crippen LogP) is 1.32. The second-order valence-corrected chi connectivity index (χ2v) is 6.77.